The van der Waals surface area contributed by atoms with Gasteiger partial charge in [0.1, 0.15) is 24.1 Å². The summed E-state index contributed by atoms with van der Waals surface area (Å²) in [7, 11) is -1.96. The number of cyclic esters (lactones) is 1. The van der Waals surface area contributed by atoms with Gasteiger partial charge in [-0.2, -0.15) is 5.06 Å². The molecule has 0 aliphatic carbocycles. The van der Waals surface area contributed by atoms with Crippen molar-refractivity contribution in [2.75, 3.05) is 6.61 Å². The number of hydrogen-bond donors (Lipinski definition) is 0. The van der Waals surface area contributed by atoms with Crippen LogP contribution in [0.2, 0.25) is 18.1 Å². The third kappa shape index (κ3) is 4.07. The molecule has 0 bridgehead atoms. The first-order valence-electron chi connectivity index (χ1n) is 9.63. The fraction of sp³-hybridized carbons (Fsp3) is 0.650. The third-order valence-corrected chi connectivity index (χ3v) is 11.3. The van der Waals surface area contributed by atoms with Crippen LogP contribution in [0, 0.1) is 11.7 Å². The second kappa shape index (κ2) is 7.79. The molecule has 4 atom stereocenters. The van der Waals surface area contributed by atoms with E-state index in [0.29, 0.717) is 16.6 Å². The Balaban J connectivity index is 1.78. The van der Waals surface area contributed by atoms with Crippen LogP contribution in [-0.4, -0.2) is 44.2 Å². The summed E-state index contributed by atoms with van der Waals surface area (Å²) in [5.41, 5.74) is 0.464. The number of hydrogen-bond acceptors (Lipinski definition) is 5. The number of ether oxygens (including phenoxy) is 1. The maximum absolute atomic E-state index is 14.4. The molecule has 0 aromatic heterocycles. The fourth-order valence-electron chi connectivity index (χ4n) is 3.49. The molecule has 2 saturated heterocycles. The first kappa shape index (κ1) is 21.9. The van der Waals surface area contributed by atoms with E-state index in [1.54, 1.807) is 23.3 Å². The van der Waals surface area contributed by atoms with Gasteiger partial charge in [0.25, 0.3) is 0 Å². The zero-order valence-corrected chi connectivity index (χ0v) is 19.9. The molecule has 1 aromatic carbocycles. The molecule has 0 unspecified atom stereocenters. The number of carbonyl (C=O) groups is 1. The number of rotatable bonds is 5. The quantitative estimate of drug-likeness (QED) is 0.459. The van der Waals surface area contributed by atoms with Gasteiger partial charge in [0.15, 0.2) is 8.32 Å². The lowest BCUT2D eigenvalue weighted by molar-refractivity contribution is -0.195. The van der Waals surface area contributed by atoms with Crippen molar-refractivity contribution in [2.45, 2.75) is 70.6 Å². The number of carbonyl (C=O) groups excluding carboxylic acids is 1. The molecule has 2 aliphatic rings. The van der Waals surface area contributed by atoms with Gasteiger partial charge in [0.05, 0.1) is 23.5 Å². The monoisotopic (exact) mass is 473 g/mol. The van der Waals surface area contributed by atoms with Crippen LogP contribution in [0.5, 0.6) is 0 Å². The molecule has 28 heavy (non-hydrogen) atoms. The first-order chi connectivity index (χ1) is 12.9. The van der Waals surface area contributed by atoms with Crippen LogP contribution >= 0.6 is 15.9 Å². The Morgan fingerprint density at radius 2 is 2.00 bits per heavy atom. The van der Waals surface area contributed by atoms with Gasteiger partial charge in [0, 0.05) is 5.56 Å². The minimum Gasteiger partial charge on any atom is -0.461 e. The minimum absolute atomic E-state index is 0.0811. The van der Waals surface area contributed by atoms with Gasteiger partial charge in [-0.25, -0.2) is 4.39 Å². The second-order valence-electron chi connectivity index (χ2n) is 9.17. The van der Waals surface area contributed by atoms with Gasteiger partial charge in [-0.3, -0.25) is 9.63 Å². The van der Waals surface area contributed by atoms with Crippen LogP contribution in [0.3, 0.4) is 0 Å². The van der Waals surface area contributed by atoms with E-state index < -0.39 is 14.4 Å². The number of halogens is 2. The van der Waals surface area contributed by atoms with E-state index in [1.807, 2.05) is 6.92 Å². The van der Waals surface area contributed by atoms with Gasteiger partial charge in [-0.1, -0.05) is 32.9 Å². The highest BCUT2D eigenvalue weighted by Gasteiger charge is 2.56. The Hall–Kier alpha value is -0.803. The van der Waals surface area contributed by atoms with Crippen LogP contribution in [-0.2, 0) is 25.3 Å². The van der Waals surface area contributed by atoms with Crippen LogP contribution < -0.4 is 0 Å². The molecule has 1 aromatic rings. The highest BCUT2D eigenvalue weighted by molar-refractivity contribution is 9.10. The molecular weight excluding hydrogens is 445 g/mol. The maximum atomic E-state index is 14.4. The predicted octanol–water partition coefficient (Wildman–Crippen LogP) is 4.66. The molecule has 0 radical (unpaired) electrons. The van der Waals surface area contributed by atoms with E-state index in [1.165, 1.54) is 0 Å². The van der Waals surface area contributed by atoms with Gasteiger partial charge in [0.2, 0.25) is 0 Å². The largest absolute Gasteiger partial charge is 0.461 e. The van der Waals surface area contributed by atoms with Crippen molar-refractivity contribution >= 4 is 30.2 Å². The Morgan fingerprint density at radius 1 is 1.32 bits per heavy atom. The molecule has 0 N–H and O–H groups in total. The molecule has 3 rings (SSSR count). The number of nitrogens with zero attached hydrogens (tertiary/aromatic N) is 1. The lowest BCUT2D eigenvalue weighted by Gasteiger charge is -2.37. The Bertz CT molecular complexity index is 754. The van der Waals surface area contributed by atoms with Crippen LogP contribution in [0.15, 0.2) is 22.7 Å². The number of benzene rings is 1. The molecule has 0 spiro atoms. The predicted molar refractivity (Wildman–Crippen MR) is 110 cm³/mol. The van der Waals surface area contributed by atoms with E-state index in [2.05, 4.69) is 49.8 Å². The molecule has 0 saturated carbocycles. The minimum atomic E-state index is -1.96. The summed E-state index contributed by atoms with van der Waals surface area (Å²) in [6, 6.07) is 4.57. The van der Waals surface area contributed by atoms with Gasteiger partial charge < -0.3 is 9.16 Å². The summed E-state index contributed by atoms with van der Waals surface area (Å²) in [4.78, 5) is 18.6. The summed E-state index contributed by atoms with van der Waals surface area (Å²) in [6.45, 7) is 13.4. The molecule has 2 heterocycles. The van der Waals surface area contributed by atoms with E-state index in [0.717, 1.165) is 0 Å². The lowest BCUT2D eigenvalue weighted by atomic mass is 9.93. The molecule has 8 heteroatoms. The average molecular weight is 474 g/mol. The van der Waals surface area contributed by atoms with Crippen molar-refractivity contribution in [3.8, 4) is 0 Å². The summed E-state index contributed by atoms with van der Waals surface area (Å²) in [6.07, 6.45) is -0.557. The molecule has 2 fully saturated rings. The fourth-order valence-corrected chi connectivity index (χ4v) is 4.91. The van der Waals surface area contributed by atoms with Gasteiger partial charge >= 0.3 is 5.97 Å². The van der Waals surface area contributed by atoms with E-state index in [9.17, 15) is 9.18 Å². The summed E-state index contributed by atoms with van der Waals surface area (Å²) < 4.78 is 26.7. The summed E-state index contributed by atoms with van der Waals surface area (Å²) in [5, 5.41) is 1.65. The zero-order valence-electron chi connectivity index (χ0n) is 17.3. The topological polar surface area (TPSA) is 48.0 Å². The third-order valence-electron chi connectivity index (χ3n) is 6.23. The van der Waals surface area contributed by atoms with E-state index >= 15 is 0 Å². The Morgan fingerprint density at radius 3 is 2.64 bits per heavy atom. The van der Waals surface area contributed by atoms with Crippen LogP contribution in [0.25, 0.3) is 0 Å². The normalized spacial score (nSPS) is 28.5. The van der Waals surface area contributed by atoms with Crippen molar-refractivity contribution in [3.63, 3.8) is 0 Å². The van der Waals surface area contributed by atoms with E-state index in [-0.39, 0.29) is 41.5 Å². The van der Waals surface area contributed by atoms with Crippen molar-refractivity contribution in [1.29, 1.82) is 0 Å². The van der Waals surface area contributed by atoms with Crippen molar-refractivity contribution in [1.82, 2.24) is 5.06 Å². The van der Waals surface area contributed by atoms with Gasteiger partial charge in [-0.05, 0) is 47.1 Å². The SMILES string of the molecule is C[C@@H]1OC(=O)[C@@H]2[C@H]1[C@H](CO[Si](C)(C)C(C)(C)C)ON2Cc1cccc(Br)c1F. The first-order valence-corrected chi connectivity index (χ1v) is 13.3. The molecule has 0 amide bonds. The van der Waals surface area contributed by atoms with Gasteiger partial charge in [-0.15, -0.1) is 0 Å². The Labute approximate surface area is 175 Å². The van der Waals surface area contributed by atoms with E-state index in [4.69, 9.17) is 14.0 Å². The second-order valence-corrected chi connectivity index (χ2v) is 14.8. The maximum Gasteiger partial charge on any atom is 0.326 e. The number of fused-ring (bicyclic) bond motifs is 1. The zero-order chi connectivity index (χ0) is 20.9. The lowest BCUT2D eigenvalue weighted by Crippen LogP contribution is -2.44. The standard InChI is InChI=1S/C20H29BrFNO4Si/c1-12-16-15(11-25-28(5,6)20(2,3)4)27-23(18(16)19(24)26-12)10-13-8-7-9-14(21)17(13)22/h7-9,12,15-16,18H,10-11H2,1-6H3/t12-,15-,16+,18-/m0/s1. The van der Waals surface area contributed by atoms with Crippen molar-refractivity contribution in [3.05, 3.63) is 34.1 Å². The smallest absolute Gasteiger partial charge is 0.326 e. The number of hydroxylamine groups is 2. The molecule has 156 valence electrons. The summed E-state index contributed by atoms with van der Waals surface area (Å²) >= 11 is 3.21. The average Bonchev–Trinajstić information content (AvgIpc) is 3.08. The van der Waals surface area contributed by atoms with Crippen LogP contribution in [0.1, 0.15) is 33.3 Å². The molecule has 2 aliphatic heterocycles. The van der Waals surface area contributed by atoms with Crippen LogP contribution in [0.4, 0.5) is 4.39 Å². The highest BCUT2D eigenvalue weighted by atomic mass is 79.9. The molecular formula is C20H29BrFNO4Si. The summed E-state index contributed by atoms with van der Waals surface area (Å²) in [5.74, 6) is -0.793. The Kier molecular flexibility index (Phi) is 6.09. The number of esters is 1. The molecule has 5 nitrogen and oxygen atoms in total. The van der Waals surface area contributed by atoms with Crippen molar-refractivity contribution < 1.29 is 23.2 Å². The van der Waals surface area contributed by atoms with Crippen molar-refractivity contribution in [2.24, 2.45) is 5.92 Å². The highest BCUT2D eigenvalue weighted by Crippen LogP contribution is 2.41.